The van der Waals surface area contributed by atoms with Crippen molar-refractivity contribution in [1.29, 1.82) is 0 Å². The Morgan fingerprint density at radius 2 is 2.26 bits per heavy atom. The number of carbonyl (C=O) groups is 1. The standard InChI is InChI=1S/C14H21N3O2/c1-3-11(2)16-14(18)12-5-4-6-15-13(12)17-7-9-19-10-8-17/h4-6,11H,3,7-10H2,1-2H3,(H,16,18)/t11-/m1/s1. The summed E-state index contributed by atoms with van der Waals surface area (Å²) in [4.78, 5) is 18.7. The Labute approximate surface area is 114 Å². The molecule has 0 saturated carbocycles. The molecule has 0 bridgehead atoms. The van der Waals surface area contributed by atoms with Gasteiger partial charge >= 0.3 is 0 Å². The highest BCUT2D eigenvalue weighted by atomic mass is 16.5. The summed E-state index contributed by atoms with van der Waals surface area (Å²) < 4.78 is 5.33. The molecule has 2 heterocycles. The molecule has 2 rings (SSSR count). The van der Waals surface area contributed by atoms with Gasteiger partial charge in [-0.3, -0.25) is 4.79 Å². The monoisotopic (exact) mass is 263 g/mol. The van der Waals surface area contributed by atoms with Crippen molar-refractivity contribution in [3.63, 3.8) is 0 Å². The summed E-state index contributed by atoms with van der Waals surface area (Å²) >= 11 is 0. The van der Waals surface area contributed by atoms with Gasteiger partial charge in [0.25, 0.3) is 5.91 Å². The fraction of sp³-hybridized carbons (Fsp3) is 0.571. The summed E-state index contributed by atoms with van der Waals surface area (Å²) in [5.74, 6) is 0.704. The minimum absolute atomic E-state index is 0.0519. The van der Waals surface area contributed by atoms with Crippen LogP contribution in [0.5, 0.6) is 0 Å². The SMILES string of the molecule is CC[C@@H](C)NC(=O)c1cccnc1N1CCOCC1. The zero-order valence-corrected chi connectivity index (χ0v) is 11.6. The van der Waals surface area contributed by atoms with Crippen molar-refractivity contribution < 1.29 is 9.53 Å². The maximum atomic E-state index is 12.3. The summed E-state index contributed by atoms with van der Waals surface area (Å²) in [5.41, 5.74) is 0.643. The first kappa shape index (κ1) is 13.8. The number of rotatable bonds is 4. The second kappa shape index (κ2) is 6.52. The number of pyridine rings is 1. The van der Waals surface area contributed by atoms with Crippen LogP contribution in [0, 0.1) is 0 Å². The van der Waals surface area contributed by atoms with Crippen LogP contribution in [0.2, 0.25) is 0 Å². The van der Waals surface area contributed by atoms with E-state index in [9.17, 15) is 4.79 Å². The highest BCUT2D eigenvalue weighted by molar-refractivity contribution is 5.99. The molecule has 1 atom stereocenters. The lowest BCUT2D eigenvalue weighted by Crippen LogP contribution is -2.39. The number of morpholine rings is 1. The summed E-state index contributed by atoms with van der Waals surface area (Å²) in [6.07, 6.45) is 2.64. The van der Waals surface area contributed by atoms with Gasteiger partial charge in [0.2, 0.25) is 0 Å². The number of carbonyl (C=O) groups excluding carboxylic acids is 1. The third-order valence-corrected chi connectivity index (χ3v) is 3.33. The van der Waals surface area contributed by atoms with Crippen LogP contribution in [0.3, 0.4) is 0 Å². The molecule has 1 aliphatic heterocycles. The number of aromatic nitrogens is 1. The maximum Gasteiger partial charge on any atom is 0.255 e. The van der Waals surface area contributed by atoms with E-state index in [2.05, 4.69) is 22.1 Å². The predicted molar refractivity (Wildman–Crippen MR) is 74.5 cm³/mol. The Morgan fingerprint density at radius 3 is 2.95 bits per heavy atom. The van der Waals surface area contributed by atoms with E-state index in [1.165, 1.54) is 0 Å². The highest BCUT2D eigenvalue weighted by Crippen LogP contribution is 2.18. The molecule has 19 heavy (non-hydrogen) atoms. The van der Waals surface area contributed by atoms with E-state index in [4.69, 9.17) is 4.74 Å². The molecule has 1 amide bonds. The number of anilines is 1. The van der Waals surface area contributed by atoms with E-state index in [0.29, 0.717) is 18.8 Å². The van der Waals surface area contributed by atoms with Gasteiger partial charge in [0, 0.05) is 25.3 Å². The molecule has 1 aliphatic rings. The van der Waals surface area contributed by atoms with Gasteiger partial charge in [0.05, 0.1) is 18.8 Å². The molecule has 0 unspecified atom stereocenters. The van der Waals surface area contributed by atoms with Crippen LogP contribution in [-0.4, -0.2) is 43.2 Å². The van der Waals surface area contributed by atoms with Gasteiger partial charge in [-0.15, -0.1) is 0 Å². The average Bonchev–Trinajstić information content (AvgIpc) is 2.48. The van der Waals surface area contributed by atoms with E-state index < -0.39 is 0 Å². The van der Waals surface area contributed by atoms with Gasteiger partial charge in [0.15, 0.2) is 0 Å². The van der Waals surface area contributed by atoms with Crippen molar-refractivity contribution in [3.05, 3.63) is 23.9 Å². The lowest BCUT2D eigenvalue weighted by atomic mass is 10.2. The molecule has 1 aromatic rings. The Balaban J connectivity index is 2.17. The van der Waals surface area contributed by atoms with E-state index >= 15 is 0 Å². The fourth-order valence-corrected chi connectivity index (χ4v) is 2.00. The van der Waals surface area contributed by atoms with Crippen molar-refractivity contribution in [3.8, 4) is 0 Å². The zero-order chi connectivity index (χ0) is 13.7. The van der Waals surface area contributed by atoms with E-state index in [1.807, 2.05) is 13.0 Å². The lowest BCUT2D eigenvalue weighted by Gasteiger charge is -2.29. The van der Waals surface area contributed by atoms with Gasteiger partial charge in [-0.2, -0.15) is 0 Å². The number of hydrogen-bond acceptors (Lipinski definition) is 4. The quantitative estimate of drug-likeness (QED) is 0.893. The topological polar surface area (TPSA) is 54.5 Å². The van der Waals surface area contributed by atoms with Crippen LogP contribution in [0.25, 0.3) is 0 Å². The number of nitrogens with zero attached hydrogens (tertiary/aromatic N) is 2. The average molecular weight is 263 g/mol. The smallest absolute Gasteiger partial charge is 0.255 e. The minimum atomic E-state index is -0.0519. The first-order valence-electron chi connectivity index (χ1n) is 6.81. The number of nitrogens with one attached hydrogen (secondary N) is 1. The van der Waals surface area contributed by atoms with Crippen molar-refractivity contribution in [1.82, 2.24) is 10.3 Å². The number of hydrogen-bond donors (Lipinski definition) is 1. The largest absolute Gasteiger partial charge is 0.378 e. The van der Waals surface area contributed by atoms with Crippen molar-refractivity contribution in [2.24, 2.45) is 0 Å². The van der Waals surface area contributed by atoms with E-state index in [0.717, 1.165) is 25.3 Å². The Bertz CT molecular complexity index is 430. The second-order valence-electron chi connectivity index (χ2n) is 4.76. The molecule has 1 N–H and O–H groups in total. The fourth-order valence-electron chi connectivity index (χ4n) is 2.00. The number of ether oxygens (including phenoxy) is 1. The second-order valence-corrected chi connectivity index (χ2v) is 4.76. The lowest BCUT2D eigenvalue weighted by molar-refractivity contribution is 0.0937. The maximum absolute atomic E-state index is 12.3. The third-order valence-electron chi connectivity index (χ3n) is 3.33. The van der Waals surface area contributed by atoms with Crippen molar-refractivity contribution in [2.45, 2.75) is 26.3 Å². The normalized spacial score (nSPS) is 17.1. The van der Waals surface area contributed by atoms with Gasteiger partial charge in [-0.1, -0.05) is 6.92 Å². The molecule has 0 aromatic carbocycles. The Hall–Kier alpha value is -1.62. The third kappa shape index (κ3) is 3.44. The molecule has 5 heteroatoms. The molecular formula is C14H21N3O2. The summed E-state index contributed by atoms with van der Waals surface area (Å²) in [6, 6.07) is 3.80. The first-order chi connectivity index (χ1) is 9.22. The van der Waals surface area contributed by atoms with E-state index in [-0.39, 0.29) is 11.9 Å². The van der Waals surface area contributed by atoms with Crippen LogP contribution in [-0.2, 0) is 4.74 Å². The van der Waals surface area contributed by atoms with Crippen LogP contribution < -0.4 is 10.2 Å². The Kier molecular flexibility index (Phi) is 4.74. The number of amides is 1. The van der Waals surface area contributed by atoms with Crippen LogP contribution in [0.1, 0.15) is 30.6 Å². The van der Waals surface area contributed by atoms with Gasteiger partial charge in [0.1, 0.15) is 5.82 Å². The summed E-state index contributed by atoms with van der Waals surface area (Å²) in [6.45, 7) is 6.98. The molecule has 104 valence electrons. The van der Waals surface area contributed by atoms with Crippen molar-refractivity contribution in [2.75, 3.05) is 31.2 Å². The Morgan fingerprint density at radius 1 is 1.53 bits per heavy atom. The molecule has 0 radical (unpaired) electrons. The molecule has 1 saturated heterocycles. The first-order valence-corrected chi connectivity index (χ1v) is 6.81. The minimum Gasteiger partial charge on any atom is -0.378 e. The molecule has 1 aromatic heterocycles. The predicted octanol–water partition coefficient (Wildman–Crippen LogP) is 1.45. The van der Waals surface area contributed by atoms with Gasteiger partial charge < -0.3 is 15.0 Å². The summed E-state index contributed by atoms with van der Waals surface area (Å²) in [7, 11) is 0. The zero-order valence-electron chi connectivity index (χ0n) is 11.6. The van der Waals surface area contributed by atoms with Crippen molar-refractivity contribution >= 4 is 11.7 Å². The molecule has 1 fully saturated rings. The molecular weight excluding hydrogens is 242 g/mol. The summed E-state index contributed by atoms with van der Waals surface area (Å²) in [5, 5.41) is 2.99. The molecule has 5 nitrogen and oxygen atoms in total. The van der Waals surface area contributed by atoms with E-state index in [1.54, 1.807) is 12.3 Å². The molecule has 0 spiro atoms. The van der Waals surface area contributed by atoms with Crippen LogP contribution >= 0.6 is 0 Å². The van der Waals surface area contributed by atoms with Gasteiger partial charge in [-0.25, -0.2) is 4.98 Å². The van der Waals surface area contributed by atoms with Crippen LogP contribution in [0.15, 0.2) is 18.3 Å². The van der Waals surface area contributed by atoms with Gasteiger partial charge in [-0.05, 0) is 25.5 Å². The highest BCUT2D eigenvalue weighted by Gasteiger charge is 2.20. The molecule has 0 aliphatic carbocycles. The van der Waals surface area contributed by atoms with Crippen LogP contribution in [0.4, 0.5) is 5.82 Å².